The number of benzene rings is 4. The summed E-state index contributed by atoms with van der Waals surface area (Å²) in [6, 6.07) is 31.3. The smallest absolute Gasteiger partial charge is 0.195 e. The predicted octanol–water partition coefficient (Wildman–Crippen LogP) is 25.1. The Morgan fingerprint density at radius 1 is 0.284 bits per heavy atom. The zero-order valence-electron chi connectivity index (χ0n) is 52.7. The maximum absolute atomic E-state index is 14.2. The lowest BCUT2D eigenvalue weighted by Crippen LogP contribution is -2.25. The highest BCUT2D eigenvalue weighted by Gasteiger charge is 2.11. The van der Waals surface area contributed by atoms with Crippen molar-refractivity contribution in [3.05, 3.63) is 117 Å². The van der Waals surface area contributed by atoms with Crippen LogP contribution in [0.5, 0.6) is 0 Å². The summed E-state index contributed by atoms with van der Waals surface area (Å²) in [5.41, 5.74) is 7.33. The second-order valence-electron chi connectivity index (χ2n) is 24.5. The number of nitrogens with zero attached hydrogens (tertiary/aromatic N) is 2. The fraction of sp³-hybridized carbons (Fsp3) is 0.623. The zero-order chi connectivity index (χ0) is 57.1. The lowest BCUT2D eigenvalue weighted by Gasteiger charge is -2.25. The van der Waals surface area contributed by atoms with Gasteiger partial charge in [0.2, 0.25) is 0 Å². The Balaban J connectivity index is 1.16. The molecule has 0 saturated carbocycles. The van der Waals surface area contributed by atoms with Crippen molar-refractivity contribution in [1.82, 2.24) is 0 Å². The Hall–Kier alpha value is -4.15. The van der Waals surface area contributed by atoms with Gasteiger partial charge < -0.3 is 9.80 Å². The summed E-state index contributed by atoms with van der Waals surface area (Å²) in [5, 5.41) is 1.60. The van der Waals surface area contributed by atoms with Crippen LogP contribution in [-0.2, 0) is 0 Å². The lowest BCUT2D eigenvalue weighted by atomic mass is 10.1. The molecule has 0 aliphatic heterocycles. The second-order valence-corrected chi connectivity index (χ2v) is 25.6. The van der Waals surface area contributed by atoms with Gasteiger partial charge in [-0.05, 0) is 96.5 Å². The Morgan fingerprint density at radius 2 is 0.506 bits per heavy atom. The van der Waals surface area contributed by atoms with Crippen LogP contribution in [0, 0.1) is 0 Å². The first-order chi connectivity index (χ1) is 40.0. The summed E-state index contributed by atoms with van der Waals surface area (Å²) >= 11 is 1.72. The molecule has 1 heterocycles. The van der Waals surface area contributed by atoms with E-state index in [-0.39, 0.29) is 5.43 Å². The van der Waals surface area contributed by atoms with E-state index in [2.05, 4.69) is 147 Å². The quantitative estimate of drug-likeness (QED) is 0.0220. The van der Waals surface area contributed by atoms with E-state index in [1.165, 1.54) is 279 Å². The van der Waals surface area contributed by atoms with Crippen LogP contribution < -0.4 is 15.2 Å². The first-order valence-electron chi connectivity index (χ1n) is 34.6. The molecule has 4 aromatic carbocycles. The van der Waals surface area contributed by atoms with Gasteiger partial charge in [0, 0.05) is 57.7 Å². The molecule has 448 valence electrons. The summed E-state index contributed by atoms with van der Waals surface area (Å²) in [6.45, 7) is 13.8. The van der Waals surface area contributed by atoms with Gasteiger partial charge >= 0.3 is 0 Å². The number of rotatable bonds is 50. The van der Waals surface area contributed by atoms with E-state index in [1.807, 2.05) is 0 Å². The largest absolute Gasteiger partial charge is 0.372 e. The van der Waals surface area contributed by atoms with Gasteiger partial charge in [-0.2, -0.15) is 0 Å². The maximum Gasteiger partial charge on any atom is 0.195 e. The standard InChI is InChI=1S/C77H118N2OS/c1-5-9-13-17-21-25-29-33-37-41-61-78(62-42-38-34-30-26-22-18-14-10-6-2)71-55-49-67(50-56-71)45-47-69-53-59-75-73(65-69)77(80)74-66-70(54-60-76(74)81-75)48-46-68-51-57-72(58-52-68)79(63-43-39-35-31-27-23-19-15-11-7-3)64-44-40-36-32-28-24-20-16-12-8-4/h45-60,65-66H,5-44,61-64H2,1-4H3/b47-45+,48-46+. The monoisotopic (exact) mass is 1120 g/mol. The first-order valence-corrected chi connectivity index (χ1v) is 35.4. The van der Waals surface area contributed by atoms with E-state index in [0.29, 0.717) is 0 Å². The average molecular weight is 1120 g/mol. The van der Waals surface area contributed by atoms with Gasteiger partial charge in [-0.15, -0.1) is 11.3 Å². The molecule has 5 aromatic rings. The molecule has 0 fully saturated rings. The van der Waals surface area contributed by atoms with E-state index in [1.54, 1.807) is 11.3 Å². The number of unbranched alkanes of at least 4 members (excludes halogenated alkanes) is 36. The third kappa shape index (κ3) is 28.8. The number of hydrogen-bond donors (Lipinski definition) is 0. The Kier molecular flexibility index (Phi) is 37.1. The van der Waals surface area contributed by atoms with Crippen molar-refractivity contribution in [3.8, 4) is 0 Å². The van der Waals surface area contributed by atoms with Gasteiger partial charge in [-0.1, -0.05) is 320 Å². The molecule has 5 rings (SSSR count). The maximum atomic E-state index is 14.2. The van der Waals surface area contributed by atoms with Crippen LogP contribution >= 0.6 is 11.3 Å². The molecule has 0 aliphatic rings. The number of hydrogen-bond acceptors (Lipinski definition) is 4. The fourth-order valence-electron chi connectivity index (χ4n) is 12.0. The Morgan fingerprint density at radius 3 is 0.765 bits per heavy atom. The van der Waals surface area contributed by atoms with Gasteiger partial charge in [0.1, 0.15) is 0 Å². The minimum atomic E-state index is 0.118. The SMILES string of the molecule is CCCCCCCCCCCCN(CCCCCCCCCCCC)c1ccc(/C=C/c2ccc3sc4ccc(/C=C/c5ccc(N(CCCCCCCCCCCC)CCCCCCCCCCCC)cc5)cc4c(=O)c3c2)cc1. The highest BCUT2D eigenvalue weighted by Crippen LogP contribution is 2.29. The molecule has 0 bridgehead atoms. The van der Waals surface area contributed by atoms with E-state index in [4.69, 9.17) is 0 Å². The molecule has 0 radical (unpaired) electrons. The number of fused-ring (bicyclic) bond motifs is 2. The van der Waals surface area contributed by atoms with Gasteiger partial charge in [0.15, 0.2) is 5.43 Å². The molecule has 0 saturated heterocycles. The van der Waals surface area contributed by atoms with Crippen molar-refractivity contribution >= 4 is 67.2 Å². The van der Waals surface area contributed by atoms with Gasteiger partial charge in [-0.25, -0.2) is 0 Å². The van der Waals surface area contributed by atoms with Crippen molar-refractivity contribution < 1.29 is 0 Å². The number of anilines is 2. The zero-order valence-corrected chi connectivity index (χ0v) is 53.5. The molecule has 81 heavy (non-hydrogen) atoms. The van der Waals surface area contributed by atoms with Gasteiger partial charge in [0.05, 0.1) is 0 Å². The van der Waals surface area contributed by atoms with Crippen LogP contribution in [0.1, 0.15) is 307 Å². The summed E-state index contributed by atoms with van der Waals surface area (Å²) in [4.78, 5) is 19.6. The molecule has 1 aromatic heterocycles. The summed E-state index contributed by atoms with van der Waals surface area (Å²) < 4.78 is 2.08. The van der Waals surface area contributed by atoms with Crippen LogP contribution in [0.25, 0.3) is 44.5 Å². The lowest BCUT2D eigenvalue weighted by molar-refractivity contribution is 0.543. The minimum absolute atomic E-state index is 0.118. The molecular weight excluding hydrogens is 1000 g/mol. The molecule has 0 N–H and O–H groups in total. The van der Waals surface area contributed by atoms with Crippen LogP contribution in [0.4, 0.5) is 11.4 Å². The van der Waals surface area contributed by atoms with Crippen LogP contribution in [0.2, 0.25) is 0 Å². The van der Waals surface area contributed by atoms with Crippen molar-refractivity contribution in [2.75, 3.05) is 36.0 Å². The normalized spacial score (nSPS) is 11.9. The molecule has 0 atom stereocenters. The third-order valence-electron chi connectivity index (χ3n) is 17.3. The highest BCUT2D eigenvalue weighted by molar-refractivity contribution is 7.24. The average Bonchev–Trinajstić information content (AvgIpc) is 3.58. The molecule has 0 spiro atoms. The van der Waals surface area contributed by atoms with Crippen LogP contribution in [-0.4, -0.2) is 26.2 Å². The van der Waals surface area contributed by atoms with Gasteiger partial charge in [-0.3, -0.25) is 4.79 Å². The van der Waals surface area contributed by atoms with Crippen LogP contribution in [0.15, 0.2) is 89.7 Å². The first kappa shape index (κ1) is 67.6. The second kappa shape index (κ2) is 44.4. The van der Waals surface area contributed by atoms with Crippen molar-refractivity contribution in [1.29, 1.82) is 0 Å². The third-order valence-corrected chi connectivity index (χ3v) is 18.4. The highest BCUT2D eigenvalue weighted by atomic mass is 32.1. The Labute approximate surface area is 502 Å². The van der Waals surface area contributed by atoms with Gasteiger partial charge in [0.25, 0.3) is 0 Å². The molecule has 0 aliphatic carbocycles. The molecule has 3 nitrogen and oxygen atoms in total. The van der Waals surface area contributed by atoms with Crippen molar-refractivity contribution in [2.45, 2.75) is 285 Å². The van der Waals surface area contributed by atoms with Crippen LogP contribution in [0.3, 0.4) is 0 Å². The molecular formula is C77H118N2OS. The predicted molar refractivity (Wildman–Crippen MR) is 368 cm³/mol. The topological polar surface area (TPSA) is 23.6 Å². The summed E-state index contributed by atoms with van der Waals surface area (Å²) in [5.74, 6) is 0. The van der Waals surface area contributed by atoms with E-state index >= 15 is 0 Å². The van der Waals surface area contributed by atoms with E-state index in [9.17, 15) is 4.79 Å². The minimum Gasteiger partial charge on any atom is -0.372 e. The fourth-order valence-corrected chi connectivity index (χ4v) is 13.0. The van der Waals surface area contributed by atoms with E-state index < -0.39 is 0 Å². The van der Waals surface area contributed by atoms with E-state index in [0.717, 1.165) is 57.5 Å². The molecule has 4 heteroatoms. The summed E-state index contributed by atoms with van der Waals surface area (Å²) in [7, 11) is 0. The summed E-state index contributed by atoms with van der Waals surface area (Å²) in [6.07, 6.45) is 63.8. The van der Waals surface area contributed by atoms with Crippen molar-refractivity contribution in [2.24, 2.45) is 0 Å². The Bertz CT molecular complexity index is 2230. The van der Waals surface area contributed by atoms with Crippen molar-refractivity contribution in [3.63, 3.8) is 0 Å². The molecule has 0 amide bonds. The molecule has 0 unspecified atom stereocenters.